The number of aryl methyl sites for hydroxylation is 1. The Labute approximate surface area is 110 Å². The number of nitrogens with one attached hydrogen (secondary N) is 1. The van der Waals surface area contributed by atoms with Crippen molar-refractivity contribution in [2.45, 2.75) is 58.0 Å². The first kappa shape index (κ1) is 12.2. The smallest absolute Gasteiger partial charge is 0.0544 e. The van der Waals surface area contributed by atoms with Gasteiger partial charge in [-0.3, -0.25) is 4.98 Å². The molecule has 0 bridgehead atoms. The second-order valence-corrected chi connectivity index (χ2v) is 6.11. The molecule has 0 saturated heterocycles. The van der Waals surface area contributed by atoms with Crippen molar-refractivity contribution in [1.82, 2.24) is 10.3 Å². The van der Waals surface area contributed by atoms with Crippen molar-refractivity contribution < 1.29 is 0 Å². The topological polar surface area (TPSA) is 24.9 Å². The monoisotopic (exact) mass is 244 g/mol. The van der Waals surface area contributed by atoms with Gasteiger partial charge < -0.3 is 5.32 Å². The van der Waals surface area contributed by atoms with Gasteiger partial charge in [0.05, 0.1) is 5.69 Å². The summed E-state index contributed by atoms with van der Waals surface area (Å²) in [5, 5.41) is 3.72. The highest BCUT2D eigenvalue weighted by molar-refractivity contribution is 5.09. The molecule has 2 aliphatic carbocycles. The summed E-state index contributed by atoms with van der Waals surface area (Å²) >= 11 is 0. The first-order valence-corrected chi connectivity index (χ1v) is 7.47. The molecule has 1 aromatic heterocycles. The van der Waals surface area contributed by atoms with Crippen LogP contribution in [0, 0.1) is 18.8 Å². The lowest BCUT2D eigenvalue weighted by molar-refractivity contribution is 0.259. The summed E-state index contributed by atoms with van der Waals surface area (Å²) in [5.74, 6) is 2.09. The van der Waals surface area contributed by atoms with E-state index in [1.807, 2.05) is 0 Å². The highest BCUT2D eigenvalue weighted by atomic mass is 14.9. The van der Waals surface area contributed by atoms with E-state index < -0.39 is 0 Å². The molecule has 2 fully saturated rings. The lowest BCUT2D eigenvalue weighted by Gasteiger charge is -2.30. The fourth-order valence-electron chi connectivity index (χ4n) is 3.36. The van der Waals surface area contributed by atoms with E-state index >= 15 is 0 Å². The van der Waals surface area contributed by atoms with Gasteiger partial charge in [-0.15, -0.1) is 0 Å². The van der Waals surface area contributed by atoms with Crippen molar-refractivity contribution in [2.75, 3.05) is 0 Å². The van der Waals surface area contributed by atoms with E-state index in [4.69, 9.17) is 0 Å². The van der Waals surface area contributed by atoms with Crippen LogP contribution in [0.4, 0.5) is 0 Å². The molecule has 98 valence electrons. The van der Waals surface area contributed by atoms with Crippen LogP contribution in [0.5, 0.6) is 0 Å². The summed E-state index contributed by atoms with van der Waals surface area (Å²) in [7, 11) is 0. The third kappa shape index (κ3) is 3.11. The van der Waals surface area contributed by atoms with E-state index in [9.17, 15) is 0 Å². The van der Waals surface area contributed by atoms with Crippen LogP contribution in [0.3, 0.4) is 0 Å². The molecule has 0 amide bonds. The molecule has 1 aromatic rings. The highest BCUT2D eigenvalue weighted by Crippen LogP contribution is 2.43. The largest absolute Gasteiger partial charge is 0.308 e. The number of nitrogens with zero attached hydrogens (tertiary/aromatic N) is 1. The summed E-state index contributed by atoms with van der Waals surface area (Å²) in [6, 6.07) is 7.02. The molecule has 0 spiro atoms. The maximum atomic E-state index is 4.56. The molecule has 2 saturated carbocycles. The zero-order valence-corrected chi connectivity index (χ0v) is 11.4. The van der Waals surface area contributed by atoms with Crippen molar-refractivity contribution in [3.05, 3.63) is 29.6 Å². The minimum Gasteiger partial charge on any atom is -0.308 e. The molecule has 1 heterocycles. The van der Waals surface area contributed by atoms with Crippen LogP contribution in [0.1, 0.15) is 49.9 Å². The predicted octanol–water partition coefficient (Wildman–Crippen LogP) is 3.45. The number of hydrogen-bond donors (Lipinski definition) is 1. The van der Waals surface area contributed by atoms with Crippen molar-refractivity contribution in [2.24, 2.45) is 11.8 Å². The van der Waals surface area contributed by atoms with E-state index in [0.29, 0.717) is 0 Å². The van der Waals surface area contributed by atoms with Crippen LogP contribution in [0.25, 0.3) is 0 Å². The van der Waals surface area contributed by atoms with Gasteiger partial charge in [0.1, 0.15) is 0 Å². The van der Waals surface area contributed by atoms with Crippen molar-refractivity contribution >= 4 is 0 Å². The Kier molecular flexibility index (Phi) is 3.64. The highest BCUT2D eigenvalue weighted by Gasteiger charge is 2.34. The number of aromatic nitrogens is 1. The Morgan fingerprint density at radius 3 is 2.83 bits per heavy atom. The van der Waals surface area contributed by atoms with Crippen molar-refractivity contribution in [1.29, 1.82) is 0 Å². The van der Waals surface area contributed by atoms with Crippen molar-refractivity contribution in [3.8, 4) is 0 Å². The summed E-state index contributed by atoms with van der Waals surface area (Å²) < 4.78 is 0. The average molecular weight is 244 g/mol. The zero-order valence-electron chi connectivity index (χ0n) is 11.4. The van der Waals surface area contributed by atoms with E-state index in [2.05, 4.69) is 35.4 Å². The van der Waals surface area contributed by atoms with Crippen LogP contribution in [-0.2, 0) is 6.54 Å². The Morgan fingerprint density at radius 2 is 2.06 bits per heavy atom. The maximum absolute atomic E-state index is 4.56. The van der Waals surface area contributed by atoms with Gasteiger partial charge >= 0.3 is 0 Å². The van der Waals surface area contributed by atoms with Crippen LogP contribution in [-0.4, -0.2) is 11.0 Å². The quantitative estimate of drug-likeness (QED) is 0.877. The summed E-state index contributed by atoms with van der Waals surface area (Å²) in [6.45, 7) is 3.00. The van der Waals surface area contributed by atoms with Crippen LogP contribution in [0.2, 0.25) is 0 Å². The van der Waals surface area contributed by atoms with Gasteiger partial charge in [0, 0.05) is 18.3 Å². The third-order valence-electron chi connectivity index (χ3n) is 4.52. The molecule has 1 N–H and O–H groups in total. The van der Waals surface area contributed by atoms with Crippen LogP contribution >= 0.6 is 0 Å². The maximum Gasteiger partial charge on any atom is 0.0544 e. The molecule has 2 atom stereocenters. The molecule has 2 nitrogen and oxygen atoms in total. The summed E-state index contributed by atoms with van der Waals surface area (Å²) in [6.07, 6.45) is 8.64. The molecule has 0 aromatic carbocycles. The normalized spacial score (nSPS) is 28.3. The lowest BCUT2D eigenvalue weighted by Crippen LogP contribution is -2.34. The van der Waals surface area contributed by atoms with Gasteiger partial charge in [-0.05, 0) is 56.6 Å². The molecule has 18 heavy (non-hydrogen) atoms. The van der Waals surface area contributed by atoms with Gasteiger partial charge in [0.2, 0.25) is 0 Å². The third-order valence-corrected chi connectivity index (χ3v) is 4.52. The Bertz CT molecular complexity index is 398. The number of rotatable bonds is 4. The number of hydrogen-bond acceptors (Lipinski definition) is 2. The molecule has 0 radical (unpaired) electrons. The Morgan fingerprint density at radius 1 is 1.17 bits per heavy atom. The SMILES string of the molecule is Cc1cccc(CNC2CCCC(C3CC3)C2)n1. The molecule has 0 aliphatic heterocycles. The lowest BCUT2D eigenvalue weighted by atomic mass is 9.83. The standard InChI is InChI=1S/C16H24N2/c1-12-4-2-7-16(18-12)11-17-15-6-3-5-14(10-15)13-8-9-13/h2,4,7,13-15,17H,3,5-6,8-11H2,1H3. The first-order chi connectivity index (χ1) is 8.81. The van der Waals surface area contributed by atoms with Gasteiger partial charge in [-0.25, -0.2) is 0 Å². The average Bonchev–Trinajstić information content (AvgIpc) is 3.21. The van der Waals surface area contributed by atoms with Gasteiger partial charge in [0.15, 0.2) is 0 Å². The molecule has 2 aliphatic rings. The molecular formula is C16H24N2. The molecule has 2 heteroatoms. The zero-order chi connectivity index (χ0) is 12.4. The summed E-state index contributed by atoms with van der Waals surface area (Å²) in [4.78, 5) is 4.56. The van der Waals surface area contributed by atoms with Crippen LogP contribution in [0.15, 0.2) is 18.2 Å². The first-order valence-electron chi connectivity index (χ1n) is 7.47. The second kappa shape index (κ2) is 5.40. The number of pyridine rings is 1. The van der Waals surface area contributed by atoms with E-state index in [-0.39, 0.29) is 0 Å². The molecular weight excluding hydrogens is 220 g/mol. The molecule has 3 rings (SSSR count). The van der Waals surface area contributed by atoms with Gasteiger partial charge in [-0.2, -0.15) is 0 Å². The summed E-state index contributed by atoms with van der Waals surface area (Å²) in [5.41, 5.74) is 2.30. The second-order valence-electron chi connectivity index (χ2n) is 6.11. The van der Waals surface area contributed by atoms with Crippen LogP contribution < -0.4 is 5.32 Å². The Balaban J connectivity index is 1.50. The van der Waals surface area contributed by atoms with E-state index in [1.54, 1.807) is 0 Å². The minimum atomic E-state index is 0.728. The minimum absolute atomic E-state index is 0.728. The molecule has 2 unspecified atom stereocenters. The van der Waals surface area contributed by atoms with Gasteiger partial charge in [-0.1, -0.05) is 18.9 Å². The fraction of sp³-hybridized carbons (Fsp3) is 0.688. The predicted molar refractivity (Wildman–Crippen MR) is 74.3 cm³/mol. The van der Waals surface area contributed by atoms with Gasteiger partial charge in [0.25, 0.3) is 0 Å². The van der Waals surface area contributed by atoms with E-state index in [1.165, 1.54) is 44.2 Å². The van der Waals surface area contributed by atoms with Crippen molar-refractivity contribution in [3.63, 3.8) is 0 Å². The van der Waals surface area contributed by atoms with E-state index in [0.717, 1.165) is 30.1 Å². The fourth-order valence-corrected chi connectivity index (χ4v) is 3.36. The Hall–Kier alpha value is -0.890.